The van der Waals surface area contributed by atoms with Crippen molar-refractivity contribution in [1.29, 1.82) is 0 Å². The average Bonchev–Trinajstić information content (AvgIpc) is 2.36. The van der Waals surface area contributed by atoms with Crippen LogP contribution in [0.4, 0.5) is 0 Å². The van der Waals surface area contributed by atoms with Crippen LogP contribution in [0.3, 0.4) is 0 Å². The SMILES string of the molecule is CC(C)(C)OC(=O)C[C@H](C/C=C/c1ccccc1)C(=O)O. The summed E-state index contributed by atoms with van der Waals surface area (Å²) in [6.07, 6.45) is 3.80. The Morgan fingerprint density at radius 3 is 2.38 bits per heavy atom. The number of carbonyl (C=O) groups is 2. The Bertz CT molecular complexity index is 497. The third-order valence-electron chi connectivity index (χ3n) is 2.71. The van der Waals surface area contributed by atoms with E-state index in [1.54, 1.807) is 26.8 Å². The van der Waals surface area contributed by atoms with Gasteiger partial charge in [-0.05, 0) is 32.8 Å². The highest BCUT2D eigenvalue weighted by atomic mass is 16.6. The molecule has 4 nitrogen and oxygen atoms in total. The lowest BCUT2D eigenvalue weighted by Gasteiger charge is -2.20. The number of hydrogen-bond acceptors (Lipinski definition) is 3. The molecule has 4 heteroatoms. The van der Waals surface area contributed by atoms with E-state index in [2.05, 4.69) is 0 Å². The van der Waals surface area contributed by atoms with Gasteiger partial charge >= 0.3 is 11.9 Å². The number of hydrogen-bond donors (Lipinski definition) is 1. The van der Waals surface area contributed by atoms with Crippen LogP contribution >= 0.6 is 0 Å². The van der Waals surface area contributed by atoms with Crippen LogP contribution in [0, 0.1) is 5.92 Å². The highest BCUT2D eigenvalue weighted by molar-refractivity contribution is 5.79. The highest BCUT2D eigenvalue weighted by Crippen LogP contribution is 2.16. The van der Waals surface area contributed by atoms with Gasteiger partial charge in [0.25, 0.3) is 0 Å². The summed E-state index contributed by atoms with van der Waals surface area (Å²) < 4.78 is 5.16. The molecule has 0 aromatic heterocycles. The van der Waals surface area contributed by atoms with Crippen molar-refractivity contribution >= 4 is 18.0 Å². The van der Waals surface area contributed by atoms with E-state index in [0.717, 1.165) is 5.56 Å². The molecular weight excluding hydrogens is 268 g/mol. The van der Waals surface area contributed by atoms with Crippen LogP contribution in [0.15, 0.2) is 36.4 Å². The van der Waals surface area contributed by atoms with Gasteiger partial charge in [-0.3, -0.25) is 9.59 Å². The zero-order valence-corrected chi connectivity index (χ0v) is 12.7. The fourth-order valence-electron chi connectivity index (χ4n) is 1.79. The number of carbonyl (C=O) groups excluding carboxylic acids is 1. The molecule has 0 amide bonds. The summed E-state index contributed by atoms with van der Waals surface area (Å²) in [5, 5.41) is 9.18. The normalized spacial score (nSPS) is 13.1. The van der Waals surface area contributed by atoms with Gasteiger partial charge in [0.1, 0.15) is 5.60 Å². The second kappa shape index (κ2) is 7.62. The maximum Gasteiger partial charge on any atom is 0.307 e. The van der Waals surface area contributed by atoms with Crippen molar-refractivity contribution in [3.63, 3.8) is 0 Å². The van der Waals surface area contributed by atoms with E-state index in [9.17, 15) is 14.7 Å². The number of aliphatic carboxylic acids is 1. The molecule has 0 fully saturated rings. The van der Waals surface area contributed by atoms with E-state index < -0.39 is 23.5 Å². The quantitative estimate of drug-likeness (QED) is 0.814. The third-order valence-corrected chi connectivity index (χ3v) is 2.71. The van der Waals surface area contributed by atoms with Crippen LogP contribution in [0.1, 0.15) is 39.2 Å². The molecule has 21 heavy (non-hydrogen) atoms. The lowest BCUT2D eigenvalue weighted by atomic mass is 10.0. The number of benzene rings is 1. The highest BCUT2D eigenvalue weighted by Gasteiger charge is 2.24. The summed E-state index contributed by atoms with van der Waals surface area (Å²) >= 11 is 0. The van der Waals surface area contributed by atoms with Gasteiger partial charge in [-0.2, -0.15) is 0 Å². The number of carboxylic acids is 1. The standard InChI is InChI=1S/C17H22O4/c1-17(2,3)21-15(18)12-14(16(19)20)11-7-10-13-8-5-4-6-9-13/h4-10,14H,11-12H2,1-3H3,(H,19,20)/b10-7+/t14-/m0/s1. The molecule has 1 N–H and O–H groups in total. The summed E-state index contributed by atoms with van der Waals surface area (Å²) in [6, 6.07) is 9.60. The van der Waals surface area contributed by atoms with Crippen molar-refractivity contribution in [3.8, 4) is 0 Å². The molecule has 0 aliphatic rings. The first kappa shape index (κ1) is 17.0. The molecular formula is C17H22O4. The zero-order valence-electron chi connectivity index (χ0n) is 12.7. The minimum Gasteiger partial charge on any atom is -0.481 e. The Labute approximate surface area is 125 Å². The smallest absolute Gasteiger partial charge is 0.307 e. The Balaban J connectivity index is 2.56. The number of ether oxygens (including phenoxy) is 1. The second-order valence-corrected chi connectivity index (χ2v) is 5.87. The Hall–Kier alpha value is -2.10. The predicted molar refractivity (Wildman–Crippen MR) is 81.7 cm³/mol. The molecule has 0 radical (unpaired) electrons. The second-order valence-electron chi connectivity index (χ2n) is 5.87. The first-order chi connectivity index (χ1) is 9.78. The topological polar surface area (TPSA) is 63.6 Å². The lowest BCUT2D eigenvalue weighted by molar-refractivity contribution is -0.159. The van der Waals surface area contributed by atoms with Crippen LogP contribution in [0.2, 0.25) is 0 Å². The molecule has 0 aliphatic carbocycles. The van der Waals surface area contributed by atoms with E-state index in [4.69, 9.17) is 4.74 Å². The van der Waals surface area contributed by atoms with E-state index in [-0.39, 0.29) is 6.42 Å². The predicted octanol–water partition coefficient (Wildman–Crippen LogP) is 3.52. The minimum absolute atomic E-state index is 0.119. The van der Waals surface area contributed by atoms with Crippen LogP contribution in [0.25, 0.3) is 6.08 Å². The van der Waals surface area contributed by atoms with E-state index in [0.29, 0.717) is 6.42 Å². The van der Waals surface area contributed by atoms with Crippen LogP contribution in [0.5, 0.6) is 0 Å². The number of rotatable bonds is 6. The van der Waals surface area contributed by atoms with Crippen molar-refractivity contribution in [3.05, 3.63) is 42.0 Å². The van der Waals surface area contributed by atoms with Crippen LogP contribution in [-0.4, -0.2) is 22.6 Å². The summed E-state index contributed by atoms with van der Waals surface area (Å²) in [6.45, 7) is 5.28. The fraction of sp³-hybridized carbons (Fsp3) is 0.412. The van der Waals surface area contributed by atoms with E-state index in [1.807, 2.05) is 36.4 Å². The summed E-state index contributed by atoms with van der Waals surface area (Å²) in [5.41, 5.74) is 0.402. The van der Waals surface area contributed by atoms with Gasteiger partial charge in [0, 0.05) is 0 Å². The first-order valence-electron chi connectivity index (χ1n) is 6.94. The maximum atomic E-state index is 11.7. The minimum atomic E-state index is -0.987. The van der Waals surface area contributed by atoms with Gasteiger partial charge in [0.2, 0.25) is 0 Å². The monoisotopic (exact) mass is 290 g/mol. The molecule has 1 aromatic carbocycles. The van der Waals surface area contributed by atoms with E-state index in [1.165, 1.54) is 0 Å². The molecule has 0 spiro atoms. The first-order valence-corrected chi connectivity index (χ1v) is 6.94. The Morgan fingerprint density at radius 2 is 1.86 bits per heavy atom. The van der Waals surface area contributed by atoms with Gasteiger partial charge in [0.05, 0.1) is 12.3 Å². The van der Waals surface area contributed by atoms with Crippen molar-refractivity contribution in [2.75, 3.05) is 0 Å². The number of allylic oxidation sites excluding steroid dienone is 1. The largest absolute Gasteiger partial charge is 0.481 e. The molecule has 0 unspecified atom stereocenters. The maximum absolute atomic E-state index is 11.7. The zero-order chi connectivity index (χ0) is 15.9. The molecule has 0 saturated heterocycles. The molecule has 1 aromatic rings. The van der Waals surface area contributed by atoms with Crippen LogP contribution < -0.4 is 0 Å². The Kier molecular flexibility index (Phi) is 6.15. The Morgan fingerprint density at radius 1 is 1.24 bits per heavy atom. The van der Waals surface area contributed by atoms with Gasteiger partial charge < -0.3 is 9.84 Å². The summed E-state index contributed by atoms with van der Waals surface area (Å²) in [7, 11) is 0. The van der Waals surface area contributed by atoms with Crippen molar-refractivity contribution < 1.29 is 19.4 Å². The number of carboxylic acid groups (broad SMARTS) is 1. The fourth-order valence-corrected chi connectivity index (χ4v) is 1.79. The third kappa shape index (κ3) is 7.30. The lowest BCUT2D eigenvalue weighted by Crippen LogP contribution is -2.27. The van der Waals surface area contributed by atoms with Crippen LogP contribution in [-0.2, 0) is 14.3 Å². The summed E-state index contributed by atoms with van der Waals surface area (Å²) in [5.74, 6) is -2.23. The molecule has 0 bridgehead atoms. The van der Waals surface area contributed by atoms with Gasteiger partial charge in [-0.1, -0.05) is 42.5 Å². The molecule has 1 rings (SSSR count). The molecule has 1 atom stereocenters. The number of esters is 1. The molecule has 0 aliphatic heterocycles. The average molecular weight is 290 g/mol. The van der Waals surface area contributed by atoms with Gasteiger partial charge in [0.15, 0.2) is 0 Å². The van der Waals surface area contributed by atoms with Crippen molar-refractivity contribution in [2.45, 2.75) is 39.2 Å². The molecule has 0 heterocycles. The van der Waals surface area contributed by atoms with E-state index >= 15 is 0 Å². The van der Waals surface area contributed by atoms with Crippen molar-refractivity contribution in [2.24, 2.45) is 5.92 Å². The van der Waals surface area contributed by atoms with Crippen molar-refractivity contribution in [1.82, 2.24) is 0 Å². The molecule has 0 saturated carbocycles. The molecule has 114 valence electrons. The van der Waals surface area contributed by atoms with Gasteiger partial charge in [-0.15, -0.1) is 0 Å². The van der Waals surface area contributed by atoms with Gasteiger partial charge in [-0.25, -0.2) is 0 Å². The summed E-state index contributed by atoms with van der Waals surface area (Å²) in [4.78, 5) is 22.9.